The Kier molecular flexibility index (Phi) is 6.28. The molecule has 1 aliphatic heterocycles. The summed E-state index contributed by atoms with van der Waals surface area (Å²) in [6.45, 7) is -0.233. The monoisotopic (exact) mass is 501 g/mol. The van der Waals surface area contributed by atoms with Gasteiger partial charge in [0.15, 0.2) is 17.4 Å². The molecule has 0 aromatic carbocycles. The van der Waals surface area contributed by atoms with E-state index in [4.69, 9.17) is 10.5 Å². The molecule has 0 saturated carbocycles. The third kappa shape index (κ3) is 4.47. The predicted octanol–water partition coefficient (Wildman–Crippen LogP) is 2.18. The number of aromatic nitrogens is 6. The summed E-state index contributed by atoms with van der Waals surface area (Å²) < 4.78 is 36.9. The lowest BCUT2D eigenvalue weighted by Crippen LogP contribution is -2.52. The van der Waals surface area contributed by atoms with E-state index in [2.05, 4.69) is 25.5 Å². The van der Waals surface area contributed by atoms with E-state index in [-0.39, 0.29) is 23.2 Å². The van der Waals surface area contributed by atoms with Crippen molar-refractivity contribution in [2.24, 2.45) is 12.8 Å². The van der Waals surface area contributed by atoms with Gasteiger partial charge in [-0.15, -0.1) is 0 Å². The Bertz CT molecular complexity index is 1400. The molecule has 190 valence electrons. The molecule has 0 aliphatic carbocycles. The zero-order valence-electron chi connectivity index (χ0n) is 19.4. The maximum absolute atomic E-state index is 13.8. The molecule has 4 N–H and O–H groups in total. The average Bonchev–Trinajstić information content (AvgIpc) is 3.52. The number of pyridine rings is 1. The SMILES string of the molecule is Cn1nc(Nc2cc3cc(-c4c(OC[C@H]5CCN5CCN)cnn4C(F)F)ccn3n2)cc1C(=O)O. The predicted molar refractivity (Wildman–Crippen MR) is 126 cm³/mol. The second kappa shape index (κ2) is 9.54. The molecule has 36 heavy (non-hydrogen) atoms. The fourth-order valence-electron chi connectivity index (χ4n) is 4.27. The number of nitrogens with one attached hydrogen (secondary N) is 1. The van der Waals surface area contributed by atoms with Crippen LogP contribution in [0.5, 0.6) is 5.75 Å². The first kappa shape index (κ1) is 23.7. The number of carboxylic acid groups (broad SMARTS) is 1. The van der Waals surface area contributed by atoms with E-state index in [9.17, 15) is 18.7 Å². The number of hydrogen-bond acceptors (Lipinski definition) is 8. The van der Waals surface area contributed by atoms with Crippen LogP contribution in [0.3, 0.4) is 0 Å². The van der Waals surface area contributed by atoms with Gasteiger partial charge in [-0.25, -0.2) is 9.31 Å². The number of rotatable bonds is 10. The number of ether oxygens (including phenoxy) is 1. The molecule has 0 unspecified atom stereocenters. The summed E-state index contributed by atoms with van der Waals surface area (Å²) in [5.41, 5.74) is 6.93. The van der Waals surface area contributed by atoms with E-state index in [1.807, 2.05) is 0 Å². The van der Waals surface area contributed by atoms with Gasteiger partial charge in [0.25, 0.3) is 0 Å². The minimum absolute atomic E-state index is 0.0180. The Hall–Kier alpha value is -4.04. The van der Waals surface area contributed by atoms with Crippen molar-refractivity contribution < 1.29 is 23.4 Å². The van der Waals surface area contributed by atoms with Crippen molar-refractivity contribution in [3.05, 3.63) is 42.4 Å². The van der Waals surface area contributed by atoms with Gasteiger partial charge >= 0.3 is 12.5 Å². The van der Waals surface area contributed by atoms with Gasteiger partial charge in [-0.05, 0) is 18.6 Å². The maximum Gasteiger partial charge on any atom is 0.354 e. The van der Waals surface area contributed by atoms with E-state index in [0.717, 1.165) is 19.5 Å². The van der Waals surface area contributed by atoms with E-state index in [0.29, 0.717) is 40.5 Å². The summed E-state index contributed by atoms with van der Waals surface area (Å²) in [4.78, 5) is 13.4. The van der Waals surface area contributed by atoms with Crippen LogP contribution in [-0.4, -0.2) is 77.4 Å². The Labute approximate surface area is 203 Å². The third-order valence-corrected chi connectivity index (χ3v) is 6.15. The number of nitrogens with zero attached hydrogens (tertiary/aromatic N) is 7. The Morgan fingerprint density at radius 3 is 2.78 bits per heavy atom. The first-order chi connectivity index (χ1) is 17.3. The highest BCUT2D eigenvalue weighted by Crippen LogP contribution is 2.34. The molecule has 4 aromatic rings. The number of likely N-dealkylation sites (tertiary alicyclic amines) is 1. The molecule has 0 bridgehead atoms. The molecule has 1 saturated heterocycles. The van der Waals surface area contributed by atoms with Gasteiger partial charge in [0, 0.05) is 56.6 Å². The van der Waals surface area contributed by atoms with Crippen molar-refractivity contribution in [1.29, 1.82) is 0 Å². The number of alkyl halides is 2. The normalized spacial score (nSPS) is 16.0. The number of carbonyl (C=O) groups is 1. The minimum atomic E-state index is -2.85. The van der Waals surface area contributed by atoms with Crippen LogP contribution in [0.2, 0.25) is 0 Å². The molecule has 5 rings (SSSR count). The number of halogens is 2. The standard InChI is InChI=1S/C22H25F2N9O3/c1-30-16(21(34)35)10-19(28-30)27-18-9-15-8-13(2-6-32(15)29-18)20-17(11-26-33(20)22(23)24)36-12-14-3-5-31(14)7-4-25/h2,6,8-11,14,22H,3-5,7,12,25H2,1H3,(H,34,35)(H,27,28,29)/t14-/m1/s1. The van der Waals surface area contributed by atoms with Crippen LogP contribution in [0.1, 0.15) is 23.5 Å². The van der Waals surface area contributed by atoms with Gasteiger partial charge in [0.1, 0.15) is 18.0 Å². The first-order valence-corrected chi connectivity index (χ1v) is 11.3. The topological polar surface area (TPSA) is 141 Å². The quantitative estimate of drug-likeness (QED) is 0.298. The van der Waals surface area contributed by atoms with Crippen molar-refractivity contribution in [2.45, 2.75) is 19.0 Å². The van der Waals surface area contributed by atoms with E-state index < -0.39 is 12.5 Å². The molecule has 14 heteroatoms. The number of anilines is 2. The Balaban J connectivity index is 1.40. The number of carboxylic acids is 1. The Morgan fingerprint density at radius 1 is 1.31 bits per heavy atom. The molecule has 1 atom stereocenters. The van der Waals surface area contributed by atoms with Gasteiger partial charge in [-0.1, -0.05) is 0 Å². The summed E-state index contributed by atoms with van der Waals surface area (Å²) in [6, 6.07) is 6.63. The molecule has 1 aliphatic rings. The largest absolute Gasteiger partial charge is 0.488 e. The lowest BCUT2D eigenvalue weighted by Gasteiger charge is -2.40. The molecule has 0 amide bonds. The molecule has 4 aromatic heterocycles. The van der Waals surface area contributed by atoms with Crippen LogP contribution >= 0.6 is 0 Å². The van der Waals surface area contributed by atoms with Crippen LogP contribution in [0.25, 0.3) is 16.8 Å². The average molecular weight is 501 g/mol. The molecule has 1 fully saturated rings. The highest BCUT2D eigenvalue weighted by Gasteiger charge is 2.29. The van der Waals surface area contributed by atoms with Crippen LogP contribution in [-0.2, 0) is 7.05 Å². The third-order valence-electron chi connectivity index (χ3n) is 6.15. The molecule has 0 radical (unpaired) electrons. The number of aryl methyl sites for hydroxylation is 1. The van der Waals surface area contributed by atoms with Gasteiger partial charge in [0.2, 0.25) is 0 Å². The van der Waals surface area contributed by atoms with Gasteiger partial charge in [-0.3, -0.25) is 9.58 Å². The Morgan fingerprint density at radius 2 is 2.11 bits per heavy atom. The maximum atomic E-state index is 13.8. The van der Waals surface area contributed by atoms with Crippen molar-refractivity contribution in [3.8, 4) is 17.0 Å². The fourth-order valence-corrected chi connectivity index (χ4v) is 4.27. The summed E-state index contributed by atoms with van der Waals surface area (Å²) >= 11 is 0. The summed E-state index contributed by atoms with van der Waals surface area (Å²) in [7, 11) is 1.52. The fraction of sp³-hybridized carbons (Fsp3) is 0.364. The zero-order valence-corrected chi connectivity index (χ0v) is 19.4. The van der Waals surface area contributed by atoms with Gasteiger partial charge in [-0.2, -0.15) is 28.8 Å². The van der Waals surface area contributed by atoms with Crippen LogP contribution < -0.4 is 15.8 Å². The summed E-state index contributed by atoms with van der Waals surface area (Å²) in [5.74, 6) is -0.113. The van der Waals surface area contributed by atoms with E-state index >= 15 is 0 Å². The van der Waals surface area contributed by atoms with Crippen LogP contribution in [0.4, 0.5) is 20.4 Å². The number of nitrogens with two attached hydrogens (primary N) is 1. The molecule has 0 spiro atoms. The minimum Gasteiger partial charge on any atom is -0.488 e. The number of aromatic carboxylic acids is 1. The van der Waals surface area contributed by atoms with E-state index in [1.54, 1.807) is 28.9 Å². The van der Waals surface area contributed by atoms with Crippen molar-refractivity contribution in [3.63, 3.8) is 0 Å². The smallest absolute Gasteiger partial charge is 0.354 e. The second-order valence-corrected chi connectivity index (χ2v) is 8.44. The summed E-state index contributed by atoms with van der Waals surface area (Å²) in [5, 5.41) is 24.5. The van der Waals surface area contributed by atoms with Crippen molar-refractivity contribution >= 4 is 23.1 Å². The highest BCUT2D eigenvalue weighted by atomic mass is 19.3. The first-order valence-electron chi connectivity index (χ1n) is 11.3. The zero-order chi connectivity index (χ0) is 25.4. The van der Waals surface area contributed by atoms with Gasteiger partial charge in [0.05, 0.1) is 11.7 Å². The van der Waals surface area contributed by atoms with Crippen LogP contribution in [0, 0.1) is 0 Å². The number of hydrogen-bond donors (Lipinski definition) is 3. The van der Waals surface area contributed by atoms with Crippen LogP contribution in [0.15, 0.2) is 36.7 Å². The van der Waals surface area contributed by atoms with E-state index in [1.165, 1.54) is 24.0 Å². The molecule has 5 heterocycles. The highest BCUT2D eigenvalue weighted by molar-refractivity contribution is 5.87. The second-order valence-electron chi connectivity index (χ2n) is 8.44. The molecular weight excluding hydrogens is 476 g/mol. The molecular formula is C22H25F2N9O3. The lowest BCUT2D eigenvalue weighted by molar-refractivity contribution is 0.0520. The summed E-state index contributed by atoms with van der Waals surface area (Å²) in [6.07, 6.45) is 3.90. The van der Waals surface area contributed by atoms with Crippen molar-refractivity contribution in [2.75, 3.05) is 31.6 Å². The van der Waals surface area contributed by atoms with Crippen molar-refractivity contribution in [1.82, 2.24) is 34.1 Å². The van der Waals surface area contributed by atoms with Gasteiger partial charge < -0.3 is 20.9 Å². The number of fused-ring (bicyclic) bond motifs is 1. The lowest BCUT2D eigenvalue weighted by atomic mass is 10.0. The molecule has 12 nitrogen and oxygen atoms in total.